The van der Waals surface area contributed by atoms with Gasteiger partial charge in [-0.25, -0.2) is 0 Å². The van der Waals surface area contributed by atoms with Crippen molar-refractivity contribution >= 4 is 41.3 Å². The van der Waals surface area contributed by atoms with E-state index in [1.165, 1.54) is 50.1 Å². The average Bonchev–Trinajstić information content (AvgIpc) is 3.32. The summed E-state index contributed by atoms with van der Waals surface area (Å²) in [5.41, 5.74) is 11.5. The Labute approximate surface area is 263 Å². The van der Waals surface area contributed by atoms with Crippen LogP contribution in [0.3, 0.4) is 0 Å². The van der Waals surface area contributed by atoms with Gasteiger partial charge in [0.25, 0.3) is 0 Å². The van der Waals surface area contributed by atoms with Crippen molar-refractivity contribution in [2.75, 3.05) is 0 Å². The van der Waals surface area contributed by atoms with Gasteiger partial charge in [-0.2, -0.15) is 0 Å². The maximum atomic E-state index is 6.99. The zero-order valence-electron chi connectivity index (χ0n) is 24.0. The molecule has 0 heterocycles. The van der Waals surface area contributed by atoms with Crippen molar-refractivity contribution in [1.29, 1.82) is 0 Å². The van der Waals surface area contributed by atoms with Crippen molar-refractivity contribution in [3.63, 3.8) is 0 Å². The van der Waals surface area contributed by atoms with Crippen LogP contribution in [0.1, 0.15) is 48.6 Å². The molecule has 0 fully saturated rings. The van der Waals surface area contributed by atoms with Gasteiger partial charge in [-0.15, -0.1) is 24.8 Å². The second kappa shape index (κ2) is 12.1. The molecule has 41 heavy (non-hydrogen) atoms. The van der Waals surface area contributed by atoms with E-state index in [4.69, 9.17) is 8.14 Å². The zero-order chi connectivity index (χ0) is 27.2. The van der Waals surface area contributed by atoms with Crippen molar-refractivity contribution in [3.05, 3.63) is 149 Å². The Morgan fingerprint density at radius 1 is 0.780 bits per heavy atom. The van der Waals surface area contributed by atoms with Crippen molar-refractivity contribution in [3.8, 4) is 16.9 Å². The molecule has 0 aromatic heterocycles. The molecule has 1 unspecified atom stereocenters. The van der Waals surface area contributed by atoms with Crippen LogP contribution in [0.15, 0.2) is 121 Å². The SMILES string of the molecule is Cl.Cl.[CH2]=[Ti]([O]c1cc(C)cc(C(C)(C)C)c1)[C]1(c2ccccc2)C=CC=C2C1=Cc1c2cccc1-c1ccccc1. The molecule has 0 bridgehead atoms. The summed E-state index contributed by atoms with van der Waals surface area (Å²) in [6.07, 6.45) is 9.26. The molecule has 4 aromatic rings. The molecule has 208 valence electrons. The topological polar surface area (TPSA) is 9.23 Å². The van der Waals surface area contributed by atoms with Crippen LogP contribution in [0, 0.1) is 6.92 Å². The van der Waals surface area contributed by atoms with Crippen LogP contribution >= 0.6 is 24.8 Å². The van der Waals surface area contributed by atoms with E-state index in [2.05, 4.69) is 149 Å². The predicted molar refractivity (Wildman–Crippen MR) is 177 cm³/mol. The fourth-order valence-electron chi connectivity index (χ4n) is 5.90. The van der Waals surface area contributed by atoms with Crippen LogP contribution in [0.25, 0.3) is 22.8 Å². The van der Waals surface area contributed by atoms with Gasteiger partial charge in [-0.05, 0) is 0 Å². The summed E-state index contributed by atoms with van der Waals surface area (Å²) < 4.78 is 6.60. The van der Waals surface area contributed by atoms with Crippen molar-refractivity contribution in [2.45, 2.75) is 36.8 Å². The molecule has 0 aliphatic heterocycles. The van der Waals surface area contributed by atoms with E-state index in [1.54, 1.807) is 0 Å². The van der Waals surface area contributed by atoms with Gasteiger partial charge in [-0.1, -0.05) is 0 Å². The first-order chi connectivity index (χ1) is 18.8. The first-order valence-electron chi connectivity index (χ1n) is 13.6. The molecule has 2 aliphatic rings. The second-order valence-electron chi connectivity index (χ2n) is 11.6. The number of allylic oxidation sites excluding steroid dienone is 5. The molecule has 0 saturated heterocycles. The molecule has 4 heteroatoms. The van der Waals surface area contributed by atoms with Crippen molar-refractivity contribution in [1.82, 2.24) is 0 Å². The van der Waals surface area contributed by atoms with Gasteiger partial charge in [0.15, 0.2) is 0 Å². The number of benzene rings is 4. The van der Waals surface area contributed by atoms with E-state index >= 15 is 0 Å². The van der Waals surface area contributed by atoms with Crippen LogP contribution < -0.4 is 3.32 Å². The molecule has 0 radical (unpaired) electrons. The standard InChI is InChI=1S/C25H17.C11H16O.CH2.2ClH.Ti/c1-3-9-18(10-4-1)20-13-7-15-22-23-16-8-14-21(25(23)17-24(20)22)19-11-5-2-6-12-19;1-8-5-9(11(2,3)4)7-10(12)6-8;;;;/h1-17H;5-7,12H,1-4H3;1H2;2*1H;/q;;;;;+1/p-1. The van der Waals surface area contributed by atoms with Gasteiger partial charge in [0.05, 0.1) is 0 Å². The van der Waals surface area contributed by atoms with Gasteiger partial charge in [0.1, 0.15) is 0 Å². The predicted octanol–water partition coefficient (Wildman–Crippen LogP) is 10.1. The summed E-state index contributed by atoms with van der Waals surface area (Å²) in [6.45, 7) is 8.92. The molecule has 1 atom stereocenters. The van der Waals surface area contributed by atoms with Gasteiger partial charge >= 0.3 is 240 Å². The van der Waals surface area contributed by atoms with E-state index in [0.717, 1.165) is 5.75 Å². The number of aryl methyl sites for hydroxylation is 1. The summed E-state index contributed by atoms with van der Waals surface area (Å²) >= 11 is -2.57. The number of fused-ring (bicyclic) bond motifs is 3. The zero-order valence-corrected chi connectivity index (χ0v) is 27.2. The molecule has 0 amide bonds. The number of hydrogen-bond acceptors (Lipinski definition) is 1. The molecule has 2 aliphatic carbocycles. The summed E-state index contributed by atoms with van der Waals surface area (Å²) in [5, 5.41) is 0. The molecular weight excluding hydrogens is 579 g/mol. The Bertz CT molecular complexity index is 1680. The van der Waals surface area contributed by atoms with E-state index in [9.17, 15) is 0 Å². The van der Waals surface area contributed by atoms with Gasteiger partial charge in [0, 0.05) is 0 Å². The fraction of sp³-hybridized carbons (Fsp3) is 0.162. The normalized spacial score (nSPS) is 16.8. The second-order valence-corrected chi connectivity index (χ2v) is 14.5. The van der Waals surface area contributed by atoms with E-state index in [-0.39, 0.29) is 33.9 Å². The molecule has 0 spiro atoms. The minimum atomic E-state index is -2.57. The molecule has 4 aromatic carbocycles. The Morgan fingerprint density at radius 2 is 1.44 bits per heavy atom. The van der Waals surface area contributed by atoms with Crippen LogP contribution in [0.5, 0.6) is 5.75 Å². The van der Waals surface area contributed by atoms with E-state index < -0.39 is 17.8 Å². The third-order valence-corrected chi connectivity index (χ3v) is 11.2. The van der Waals surface area contributed by atoms with Gasteiger partial charge in [-0.3, -0.25) is 0 Å². The molecule has 6 rings (SSSR count). The monoisotopic (exact) mass is 614 g/mol. The molecule has 0 N–H and O–H groups in total. The Hall–Kier alpha value is -2.94. The van der Waals surface area contributed by atoms with Crippen LogP contribution in [-0.4, -0.2) is 4.82 Å². The van der Waals surface area contributed by atoms with Crippen LogP contribution in [0.2, 0.25) is 0 Å². The first kappa shape index (κ1) is 31.0. The van der Waals surface area contributed by atoms with Crippen molar-refractivity contribution in [2.24, 2.45) is 0 Å². The van der Waals surface area contributed by atoms with Crippen LogP contribution in [0.4, 0.5) is 0 Å². The van der Waals surface area contributed by atoms with Crippen LogP contribution in [-0.2, 0) is 26.9 Å². The summed E-state index contributed by atoms with van der Waals surface area (Å²) in [4.78, 5) is 4.86. The van der Waals surface area contributed by atoms with Gasteiger partial charge < -0.3 is 0 Å². The molecule has 0 saturated carbocycles. The number of rotatable bonds is 5. The quantitative estimate of drug-likeness (QED) is 0.203. The number of halogens is 2. The summed E-state index contributed by atoms with van der Waals surface area (Å²) in [5.74, 6) is 0.936. The third kappa shape index (κ3) is 5.62. The fourth-order valence-corrected chi connectivity index (χ4v) is 8.77. The van der Waals surface area contributed by atoms with E-state index in [0.29, 0.717) is 0 Å². The van der Waals surface area contributed by atoms with Gasteiger partial charge in [0.2, 0.25) is 0 Å². The van der Waals surface area contributed by atoms with Crippen molar-refractivity contribution < 1.29 is 21.1 Å². The third-order valence-electron chi connectivity index (χ3n) is 7.92. The maximum absolute atomic E-state index is 6.99. The summed E-state index contributed by atoms with van der Waals surface area (Å²) in [6, 6.07) is 34.9. The first-order valence-corrected chi connectivity index (χ1v) is 16.2. The Balaban J connectivity index is 0.00000194. The Morgan fingerprint density at radius 3 is 2.12 bits per heavy atom. The van der Waals surface area contributed by atoms with E-state index in [1.807, 2.05) is 0 Å². The Kier molecular flexibility index (Phi) is 9.17. The number of hydrogen-bond donors (Lipinski definition) is 0. The minimum absolute atomic E-state index is 0. The summed E-state index contributed by atoms with van der Waals surface area (Å²) in [7, 11) is 0. The molecular formula is C37H36Cl2OTi. The molecule has 1 nitrogen and oxygen atoms in total. The average molecular weight is 615 g/mol.